The minimum Gasteiger partial charge on any atom is -0.316 e. The van der Waals surface area contributed by atoms with Crippen LogP contribution in [0.1, 0.15) is 20.8 Å². The van der Waals surface area contributed by atoms with Gasteiger partial charge in [-0.2, -0.15) is 0 Å². The third kappa shape index (κ3) is 2.99. The van der Waals surface area contributed by atoms with E-state index in [0.717, 1.165) is 6.54 Å². The summed E-state index contributed by atoms with van der Waals surface area (Å²) in [7, 11) is 0. The fourth-order valence-corrected chi connectivity index (χ4v) is 0.471. The average molecular weight is 116 g/mol. The minimum atomic E-state index is 0.167. The van der Waals surface area contributed by atoms with E-state index < -0.39 is 0 Å². The average Bonchev–Trinajstić information content (AvgIpc) is 1.67. The Hall–Kier alpha value is -0.0800. The molecular weight excluding hydrogens is 100 g/mol. The summed E-state index contributed by atoms with van der Waals surface area (Å²) in [6.07, 6.45) is 0.167. The van der Waals surface area contributed by atoms with E-state index >= 15 is 0 Å². The standard InChI is InChI=1S/C6H16N2/c1-4-8-6(7)5(2)3/h5-6,8H,4,7H2,1-3H3/t6-/m1/s1. The van der Waals surface area contributed by atoms with Crippen molar-refractivity contribution >= 4 is 0 Å². The van der Waals surface area contributed by atoms with Crippen LogP contribution in [0.2, 0.25) is 0 Å². The van der Waals surface area contributed by atoms with E-state index in [1.165, 1.54) is 0 Å². The van der Waals surface area contributed by atoms with Gasteiger partial charge in [-0.25, -0.2) is 0 Å². The van der Waals surface area contributed by atoms with E-state index in [4.69, 9.17) is 5.73 Å². The topological polar surface area (TPSA) is 38.0 Å². The van der Waals surface area contributed by atoms with Crippen molar-refractivity contribution in [2.45, 2.75) is 26.9 Å². The zero-order valence-corrected chi connectivity index (χ0v) is 5.94. The summed E-state index contributed by atoms with van der Waals surface area (Å²) in [5.41, 5.74) is 5.62. The molecule has 0 aromatic carbocycles. The van der Waals surface area contributed by atoms with Gasteiger partial charge in [-0.15, -0.1) is 0 Å². The first-order valence-electron chi connectivity index (χ1n) is 3.17. The van der Waals surface area contributed by atoms with Crippen molar-refractivity contribution in [1.82, 2.24) is 5.32 Å². The summed E-state index contributed by atoms with van der Waals surface area (Å²) in [5, 5.41) is 3.12. The van der Waals surface area contributed by atoms with Gasteiger partial charge in [0.25, 0.3) is 0 Å². The molecule has 0 aliphatic heterocycles. The molecule has 3 N–H and O–H groups in total. The Labute approximate surface area is 51.5 Å². The monoisotopic (exact) mass is 116 g/mol. The second kappa shape index (κ2) is 3.87. The van der Waals surface area contributed by atoms with Gasteiger partial charge < -0.3 is 11.1 Å². The molecule has 2 heteroatoms. The molecule has 0 amide bonds. The molecule has 0 aliphatic carbocycles. The van der Waals surface area contributed by atoms with Crippen LogP contribution in [-0.4, -0.2) is 12.7 Å². The summed E-state index contributed by atoms with van der Waals surface area (Å²) >= 11 is 0. The maximum absolute atomic E-state index is 5.62. The molecule has 0 saturated heterocycles. The number of nitrogens with two attached hydrogens (primary N) is 1. The fourth-order valence-electron chi connectivity index (χ4n) is 0.471. The molecule has 0 saturated carbocycles. The summed E-state index contributed by atoms with van der Waals surface area (Å²) in [4.78, 5) is 0. The number of nitrogens with one attached hydrogen (secondary N) is 1. The molecule has 0 rings (SSSR count). The maximum Gasteiger partial charge on any atom is 0.0569 e. The van der Waals surface area contributed by atoms with E-state index in [2.05, 4.69) is 26.1 Å². The van der Waals surface area contributed by atoms with Gasteiger partial charge in [-0.3, -0.25) is 0 Å². The predicted molar refractivity (Wildman–Crippen MR) is 36.5 cm³/mol. The molecule has 0 bridgehead atoms. The molecular formula is C6H16N2. The summed E-state index contributed by atoms with van der Waals surface area (Å²) < 4.78 is 0. The molecule has 0 unspecified atom stereocenters. The van der Waals surface area contributed by atoms with E-state index in [1.54, 1.807) is 0 Å². The van der Waals surface area contributed by atoms with E-state index in [1.807, 2.05) is 0 Å². The van der Waals surface area contributed by atoms with Gasteiger partial charge in [0.1, 0.15) is 0 Å². The number of hydrogen-bond donors (Lipinski definition) is 2. The van der Waals surface area contributed by atoms with Crippen LogP contribution in [0, 0.1) is 5.92 Å². The lowest BCUT2D eigenvalue weighted by atomic mass is 10.2. The van der Waals surface area contributed by atoms with Crippen molar-refractivity contribution in [3.63, 3.8) is 0 Å². The van der Waals surface area contributed by atoms with E-state index in [0.29, 0.717) is 5.92 Å². The smallest absolute Gasteiger partial charge is 0.0569 e. The van der Waals surface area contributed by atoms with Crippen molar-refractivity contribution in [3.05, 3.63) is 0 Å². The lowest BCUT2D eigenvalue weighted by Gasteiger charge is -2.15. The molecule has 2 nitrogen and oxygen atoms in total. The first-order chi connectivity index (χ1) is 3.68. The highest BCUT2D eigenvalue weighted by Crippen LogP contribution is 1.92. The molecule has 1 atom stereocenters. The van der Waals surface area contributed by atoms with Gasteiger partial charge in [0.05, 0.1) is 6.17 Å². The summed E-state index contributed by atoms with van der Waals surface area (Å²) in [6.45, 7) is 7.22. The first kappa shape index (κ1) is 7.92. The Bertz CT molecular complexity index is 52.5. The fraction of sp³-hybridized carbons (Fsp3) is 1.00. The van der Waals surface area contributed by atoms with Crippen LogP contribution in [0.15, 0.2) is 0 Å². The van der Waals surface area contributed by atoms with Gasteiger partial charge in [-0.1, -0.05) is 20.8 Å². The van der Waals surface area contributed by atoms with Gasteiger partial charge in [0.15, 0.2) is 0 Å². The van der Waals surface area contributed by atoms with Gasteiger partial charge >= 0.3 is 0 Å². The maximum atomic E-state index is 5.62. The van der Waals surface area contributed by atoms with Gasteiger partial charge in [0, 0.05) is 0 Å². The Kier molecular flexibility index (Phi) is 3.83. The largest absolute Gasteiger partial charge is 0.316 e. The van der Waals surface area contributed by atoms with Crippen molar-refractivity contribution in [2.24, 2.45) is 11.7 Å². The van der Waals surface area contributed by atoms with Crippen LogP contribution in [-0.2, 0) is 0 Å². The van der Waals surface area contributed by atoms with Crippen LogP contribution >= 0.6 is 0 Å². The van der Waals surface area contributed by atoms with Gasteiger partial charge in [0.2, 0.25) is 0 Å². The van der Waals surface area contributed by atoms with Crippen LogP contribution in [0.5, 0.6) is 0 Å². The Morgan fingerprint density at radius 3 is 2.12 bits per heavy atom. The predicted octanol–water partition coefficient (Wildman–Crippen LogP) is 0.537. The lowest BCUT2D eigenvalue weighted by Crippen LogP contribution is -2.41. The van der Waals surface area contributed by atoms with Gasteiger partial charge in [-0.05, 0) is 12.5 Å². The van der Waals surface area contributed by atoms with Crippen molar-refractivity contribution in [1.29, 1.82) is 0 Å². The van der Waals surface area contributed by atoms with Crippen LogP contribution in [0.4, 0.5) is 0 Å². The molecule has 0 spiro atoms. The third-order valence-corrected chi connectivity index (χ3v) is 1.16. The lowest BCUT2D eigenvalue weighted by molar-refractivity contribution is 0.419. The summed E-state index contributed by atoms with van der Waals surface area (Å²) in [6, 6.07) is 0. The molecule has 0 aromatic rings. The van der Waals surface area contributed by atoms with Crippen LogP contribution in [0.25, 0.3) is 0 Å². The van der Waals surface area contributed by atoms with Crippen molar-refractivity contribution in [2.75, 3.05) is 6.54 Å². The molecule has 8 heavy (non-hydrogen) atoms. The summed E-state index contributed by atoms with van der Waals surface area (Å²) in [5.74, 6) is 0.537. The first-order valence-corrected chi connectivity index (χ1v) is 3.17. The highest BCUT2D eigenvalue weighted by molar-refractivity contribution is 4.59. The van der Waals surface area contributed by atoms with Crippen LogP contribution < -0.4 is 11.1 Å². The SMILES string of the molecule is CCN[C@@H](N)C(C)C. The van der Waals surface area contributed by atoms with Crippen molar-refractivity contribution < 1.29 is 0 Å². The molecule has 50 valence electrons. The zero-order valence-electron chi connectivity index (χ0n) is 5.94. The molecule has 0 fully saturated rings. The highest BCUT2D eigenvalue weighted by Gasteiger charge is 2.02. The Morgan fingerprint density at radius 2 is 2.00 bits per heavy atom. The second-order valence-electron chi connectivity index (χ2n) is 2.33. The van der Waals surface area contributed by atoms with Crippen LogP contribution in [0.3, 0.4) is 0 Å². The molecule has 0 aromatic heterocycles. The second-order valence-corrected chi connectivity index (χ2v) is 2.33. The minimum absolute atomic E-state index is 0.167. The number of rotatable bonds is 3. The highest BCUT2D eigenvalue weighted by atomic mass is 15.0. The van der Waals surface area contributed by atoms with Crippen molar-refractivity contribution in [3.8, 4) is 0 Å². The normalized spacial score (nSPS) is 14.6. The Morgan fingerprint density at radius 1 is 1.50 bits per heavy atom. The molecule has 0 radical (unpaired) electrons. The quantitative estimate of drug-likeness (QED) is 0.528. The molecule has 0 aliphatic rings. The number of hydrogen-bond acceptors (Lipinski definition) is 2. The zero-order chi connectivity index (χ0) is 6.57. The van der Waals surface area contributed by atoms with E-state index in [-0.39, 0.29) is 6.17 Å². The Balaban J connectivity index is 3.17. The van der Waals surface area contributed by atoms with E-state index in [9.17, 15) is 0 Å². The third-order valence-electron chi connectivity index (χ3n) is 1.16. The molecule has 0 heterocycles.